The Morgan fingerprint density at radius 1 is 0.978 bits per heavy atom. The van der Waals surface area contributed by atoms with Crippen molar-refractivity contribution in [2.75, 3.05) is 44.6 Å². The van der Waals surface area contributed by atoms with Gasteiger partial charge in [0.2, 0.25) is 17.7 Å². The number of amides is 3. The van der Waals surface area contributed by atoms with Crippen LogP contribution in [-0.2, 0) is 19.8 Å². The van der Waals surface area contributed by atoms with Crippen molar-refractivity contribution in [2.45, 2.75) is 56.9 Å². The molecule has 2 fully saturated rings. The zero-order valence-corrected chi connectivity index (χ0v) is 27.7. The fourth-order valence-electron chi connectivity index (χ4n) is 7.63. The van der Waals surface area contributed by atoms with E-state index in [0.717, 1.165) is 32.5 Å². The fourth-order valence-corrected chi connectivity index (χ4v) is 8.00. The van der Waals surface area contributed by atoms with E-state index in [2.05, 4.69) is 17.1 Å². The van der Waals surface area contributed by atoms with Gasteiger partial charge in [0.25, 0.3) is 0 Å². The first kappa shape index (κ1) is 32.5. The van der Waals surface area contributed by atoms with Gasteiger partial charge < -0.3 is 15.1 Å². The second-order valence-corrected chi connectivity index (χ2v) is 13.6. The number of nitrogens with one attached hydrogen (secondary N) is 1. The molecule has 7 nitrogen and oxygen atoms in total. The van der Waals surface area contributed by atoms with Crippen molar-refractivity contribution in [1.82, 2.24) is 14.7 Å². The molecule has 3 aromatic carbocycles. The van der Waals surface area contributed by atoms with E-state index in [0.29, 0.717) is 51.1 Å². The van der Waals surface area contributed by atoms with E-state index in [1.165, 1.54) is 23.5 Å². The van der Waals surface area contributed by atoms with Crippen LogP contribution < -0.4 is 5.32 Å². The van der Waals surface area contributed by atoms with Crippen LogP contribution in [0.15, 0.2) is 60.7 Å². The first-order valence-electron chi connectivity index (χ1n) is 16.1. The number of halogens is 3. The summed E-state index contributed by atoms with van der Waals surface area (Å²) in [5.41, 5.74) is 1.66. The van der Waals surface area contributed by atoms with Gasteiger partial charge in [0.1, 0.15) is 17.8 Å². The molecule has 1 N–H and O–H groups in total. The van der Waals surface area contributed by atoms with Gasteiger partial charge in [-0.25, -0.2) is 4.39 Å². The van der Waals surface area contributed by atoms with Gasteiger partial charge in [-0.1, -0.05) is 67.2 Å². The molecule has 0 saturated carbocycles. The van der Waals surface area contributed by atoms with Crippen molar-refractivity contribution in [3.63, 3.8) is 0 Å². The molecule has 0 bridgehead atoms. The smallest absolute Gasteiger partial charge is 0.242 e. The molecule has 10 heteroatoms. The maximum Gasteiger partial charge on any atom is 0.242 e. The third-order valence-corrected chi connectivity index (χ3v) is 10.4. The second kappa shape index (κ2) is 13.3. The van der Waals surface area contributed by atoms with Crippen LogP contribution in [0.2, 0.25) is 10.0 Å². The van der Waals surface area contributed by atoms with Crippen molar-refractivity contribution >= 4 is 46.6 Å². The number of piperazine rings is 1. The summed E-state index contributed by atoms with van der Waals surface area (Å²) in [7, 11) is 0. The first-order chi connectivity index (χ1) is 22.1. The van der Waals surface area contributed by atoms with Gasteiger partial charge in [-0.15, -0.1) is 0 Å². The Labute approximate surface area is 279 Å². The summed E-state index contributed by atoms with van der Waals surface area (Å²) in [6.07, 6.45) is 3.42. The Morgan fingerprint density at radius 3 is 2.48 bits per heavy atom. The third kappa shape index (κ3) is 5.91. The number of aryl methyl sites for hydroxylation is 1. The number of hydrogen-bond acceptors (Lipinski definition) is 4. The summed E-state index contributed by atoms with van der Waals surface area (Å²) in [6, 6.07) is 15.8. The molecule has 0 aromatic heterocycles. The fraction of sp³-hybridized carbons (Fsp3) is 0.417. The van der Waals surface area contributed by atoms with Crippen molar-refractivity contribution in [3.8, 4) is 0 Å². The van der Waals surface area contributed by atoms with E-state index in [1.807, 2.05) is 19.1 Å². The van der Waals surface area contributed by atoms with E-state index in [9.17, 15) is 14.4 Å². The van der Waals surface area contributed by atoms with Gasteiger partial charge in [0.05, 0.1) is 6.04 Å². The maximum absolute atomic E-state index is 15.1. The van der Waals surface area contributed by atoms with E-state index in [-0.39, 0.29) is 30.7 Å². The van der Waals surface area contributed by atoms with E-state index < -0.39 is 23.2 Å². The van der Waals surface area contributed by atoms with Gasteiger partial charge in [-0.2, -0.15) is 0 Å². The monoisotopic (exact) mass is 664 g/mol. The van der Waals surface area contributed by atoms with E-state index in [1.54, 1.807) is 41.3 Å². The Hall–Kier alpha value is -3.46. The number of likely N-dealkylation sites (tertiary alicyclic amines) is 1. The van der Waals surface area contributed by atoms with Crippen molar-refractivity contribution in [3.05, 3.63) is 98.8 Å². The summed E-state index contributed by atoms with van der Waals surface area (Å²) in [5.74, 6) is -1.97. The van der Waals surface area contributed by atoms with Crippen molar-refractivity contribution in [2.24, 2.45) is 0 Å². The highest BCUT2D eigenvalue weighted by Crippen LogP contribution is 2.60. The summed E-state index contributed by atoms with van der Waals surface area (Å²) in [5, 5.41) is 3.95. The van der Waals surface area contributed by atoms with Crippen LogP contribution in [-0.4, -0.2) is 71.7 Å². The van der Waals surface area contributed by atoms with Gasteiger partial charge in [-0.05, 0) is 78.5 Å². The molecule has 2 saturated heterocycles. The molecule has 1 spiro atoms. The predicted molar refractivity (Wildman–Crippen MR) is 179 cm³/mol. The van der Waals surface area contributed by atoms with Gasteiger partial charge in [-0.3, -0.25) is 19.3 Å². The third-order valence-electron chi connectivity index (χ3n) is 9.94. The van der Waals surface area contributed by atoms with Crippen LogP contribution in [0.1, 0.15) is 66.8 Å². The normalized spacial score (nSPS) is 23.2. The number of unbranched alkanes of at least 4 members (excludes halogenated alkanes) is 2. The number of anilines is 1. The lowest BCUT2D eigenvalue weighted by Gasteiger charge is -2.52. The second-order valence-electron chi connectivity index (χ2n) is 12.7. The first-order valence-corrected chi connectivity index (χ1v) is 16.8. The van der Waals surface area contributed by atoms with Gasteiger partial charge >= 0.3 is 0 Å². The number of nitrogens with zero attached hydrogens (tertiary/aromatic N) is 3. The van der Waals surface area contributed by atoms with Crippen LogP contribution in [0.4, 0.5) is 10.1 Å². The lowest BCUT2D eigenvalue weighted by atomic mass is 9.58. The lowest BCUT2D eigenvalue weighted by Crippen LogP contribution is -2.60. The molecule has 3 amide bonds. The standard InChI is InChI=1S/C36H39Cl2FN4O3/c1-3-4-5-13-41-14-16-42(17-15-41)33(45)22-43-32(44)21-30(24-7-6-8-25(37)18-24)36(34(43)28-20-27(39)11-9-23(28)2)29-12-10-26(38)19-31(29)40-35(36)46/h6-12,18-20,30,34H,3-5,13-17,21-22H2,1-2H3,(H,40,46)/t30-,34+,36-/m0/s1. The molecule has 3 aliphatic heterocycles. The van der Waals surface area contributed by atoms with Crippen molar-refractivity contribution in [1.29, 1.82) is 0 Å². The maximum atomic E-state index is 15.1. The van der Waals surface area contributed by atoms with Gasteiger partial charge in [0.15, 0.2) is 0 Å². The number of piperidine rings is 1. The largest absolute Gasteiger partial charge is 0.339 e. The number of hydrogen-bond donors (Lipinski definition) is 1. The van der Waals surface area contributed by atoms with Crippen LogP contribution in [0.3, 0.4) is 0 Å². The number of carbonyl (C=O) groups is 3. The summed E-state index contributed by atoms with van der Waals surface area (Å²) in [6.45, 7) is 7.47. The topological polar surface area (TPSA) is 73.0 Å². The molecule has 3 aliphatic rings. The summed E-state index contributed by atoms with van der Waals surface area (Å²) >= 11 is 12.9. The minimum Gasteiger partial charge on any atom is -0.339 e. The number of benzene rings is 3. The van der Waals surface area contributed by atoms with Crippen LogP contribution in [0, 0.1) is 12.7 Å². The average molecular weight is 666 g/mol. The molecular weight excluding hydrogens is 626 g/mol. The highest BCUT2D eigenvalue weighted by atomic mass is 35.5. The molecule has 3 heterocycles. The van der Waals surface area contributed by atoms with E-state index >= 15 is 4.39 Å². The molecule has 0 unspecified atom stereocenters. The molecule has 0 radical (unpaired) electrons. The number of carbonyl (C=O) groups excluding carboxylic acids is 3. The Morgan fingerprint density at radius 2 is 1.74 bits per heavy atom. The van der Waals surface area contributed by atoms with Crippen LogP contribution >= 0.6 is 23.2 Å². The minimum atomic E-state index is -1.41. The molecule has 46 heavy (non-hydrogen) atoms. The summed E-state index contributed by atoms with van der Waals surface area (Å²) in [4.78, 5) is 48.6. The Kier molecular flexibility index (Phi) is 9.42. The average Bonchev–Trinajstić information content (AvgIpc) is 3.31. The highest BCUT2D eigenvalue weighted by Gasteiger charge is 2.64. The molecule has 242 valence electrons. The highest BCUT2D eigenvalue weighted by molar-refractivity contribution is 6.31. The Balaban J connectivity index is 1.45. The number of rotatable bonds is 8. The molecule has 6 rings (SSSR count). The van der Waals surface area contributed by atoms with E-state index in [4.69, 9.17) is 23.2 Å². The lowest BCUT2D eigenvalue weighted by molar-refractivity contribution is -0.152. The molecule has 3 atom stereocenters. The van der Waals surface area contributed by atoms with Crippen molar-refractivity contribution < 1.29 is 18.8 Å². The minimum absolute atomic E-state index is 0.0425. The molecule has 0 aliphatic carbocycles. The Bertz CT molecular complexity index is 1660. The number of fused-ring (bicyclic) bond motifs is 2. The SMILES string of the molecule is CCCCCN1CCN(C(=O)CN2C(=O)C[C@@H](c3cccc(Cl)c3)[C@]3(C(=O)Nc4cc(Cl)ccc43)[C@H]2c2cc(F)ccc2C)CC1. The van der Waals surface area contributed by atoms with Gasteiger partial charge in [0, 0.05) is 54.3 Å². The molecular formula is C36H39Cl2FN4O3. The zero-order valence-electron chi connectivity index (χ0n) is 26.2. The van der Waals surface area contributed by atoms with Crippen LogP contribution in [0.25, 0.3) is 0 Å². The van der Waals surface area contributed by atoms with Crippen LogP contribution in [0.5, 0.6) is 0 Å². The molecule has 3 aromatic rings. The predicted octanol–water partition coefficient (Wildman–Crippen LogP) is 6.72. The quantitative estimate of drug-likeness (QED) is 0.271. The zero-order chi connectivity index (χ0) is 32.6. The summed E-state index contributed by atoms with van der Waals surface area (Å²) < 4.78 is 15.1.